The second-order valence-electron chi connectivity index (χ2n) is 4.66. The molecule has 0 saturated carbocycles. The molecule has 0 heterocycles. The number of urea groups is 1. The lowest BCUT2D eigenvalue weighted by Crippen LogP contribution is -2.38. The normalized spacial score (nSPS) is 11.5. The van der Waals surface area contributed by atoms with Crippen LogP contribution in [0.15, 0.2) is 0 Å². The topological polar surface area (TPSA) is 117 Å². The van der Waals surface area contributed by atoms with Gasteiger partial charge in [0.15, 0.2) is 0 Å². The van der Waals surface area contributed by atoms with Gasteiger partial charge in [0.2, 0.25) is 5.91 Å². The number of rotatable bonds is 11. The molecule has 122 valence electrons. The average Bonchev–Trinajstić information content (AvgIpc) is 2.43. The fourth-order valence-electron chi connectivity index (χ4n) is 1.47. The van der Waals surface area contributed by atoms with Crippen LogP contribution in [0, 0.1) is 5.92 Å². The van der Waals surface area contributed by atoms with E-state index < -0.39 is 11.9 Å². The molecule has 0 aliphatic carbocycles. The molecule has 4 N–H and O–H groups in total. The minimum Gasteiger partial charge on any atom is -0.481 e. The van der Waals surface area contributed by atoms with Crippen LogP contribution >= 0.6 is 0 Å². The summed E-state index contributed by atoms with van der Waals surface area (Å²) < 4.78 is 4.79. The Hall–Kier alpha value is -1.83. The Morgan fingerprint density at radius 1 is 1.10 bits per heavy atom. The Morgan fingerprint density at radius 2 is 1.76 bits per heavy atom. The van der Waals surface area contributed by atoms with Crippen LogP contribution in [0.4, 0.5) is 4.79 Å². The van der Waals surface area contributed by atoms with E-state index in [-0.39, 0.29) is 24.9 Å². The Balaban J connectivity index is 3.50. The van der Waals surface area contributed by atoms with E-state index in [1.807, 2.05) is 0 Å². The molecule has 0 aliphatic heterocycles. The highest BCUT2D eigenvalue weighted by molar-refractivity contribution is 5.78. The SMILES string of the molecule is COCCNC(=O)CCNC(=O)NCCCC(C)C(=O)O. The Morgan fingerprint density at radius 3 is 2.38 bits per heavy atom. The number of aliphatic carboxylic acids is 1. The fraction of sp³-hybridized carbons (Fsp3) is 0.769. The van der Waals surface area contributed by atoms with Crippen molar-refractivity contribution in [1.82, 2.24) is 16.0 Å². The van der Waals surface area contributed by atoms with Gasteiger partial charge in [-0.05, 0) is 12.8 Å². The molecule has 8 heteroatoms. The maximum absolute atomic E-state index is 11.4. The molecule has 0 saturated heterocycles. The largest absolute Gasteiger partial charge is 0.481 e. The first-order valence-electron chi connectivity index (χ1n) is 6.97. The molecule has 0 rings (SSSR count). The van der Waals surface area contributed by atoms with Crippen LogP contribution in [0.3, 0.4) is 0 Å². The summed E-state index contributed by atoms with van der Waals surface area (Å²) >= 11 is 0. The summed E-state index contributed by atoms with van der Waals surface area (Å²) in [5.74, 6) is -1.40. The van der Waals surface area contributed by atoms with Crippen LogP contribution in [-0.4, -0.2) is 56.4 Å². The van der Waals surface area contributed by atoms with Crippen molar-refractivity contribution in [3.63, 3.8) is 0 Å². The molecule has 0 aromatic rings. The number of hydrogen-bond donors (Lipinski definition) is 4. The van der Waals surface area contributed by atoms with Crippen LogP contribution < -0.4 is 16.0 Å². The zero-order valence-corrected chi connectivity index (χ0v) is 12.6. The maximum Gasteiger partial charge on any atom is 0.314 e. The average molecular weight is 303 g/mol. The van der Waals surface area contributed by atoms with Crippen LogP contribution in [-0.2, 0) is 14.3 Å². The van der Waals surface area contributed by atoms with Crippen molar-refractivity contribution in [2.45, 2.75) is 26.2 Å². The number of carboxylic acids is 1. The first-order chi connectivity index (χ1) is 9.97. The minimum atomic E-state index is -0.834. The monoisotopic (exact) mass is 303 g/mol. The second-order valence-corrected chi connectivity index (χ2v) is 4.66. The third kappa shape index (κ3) is 11.7. The van der Waals surface area contributed by atoms with Crippen molar-refractivity contribution in [3.05, 3.63) is 0 Å². The Bertz CT molecular complexity index is 336. The number of ether oxygens (including phenoxy) is 1. The van der Waals surface area contributed by atoms with Crippen LogP contribution in [0.1, 0.15) is 26.2 Å². The Labute approximate surface area is 124 Å². The van der Waals surface area contributed by atoms with Gasteiger partial charge in [-0.3, -0.25) is 9.59 Å². The first-order valence-corrected chi connectivity index (χ1v) is 6.97. The van der Waals surface area contributed by atoms with E-state index in [1.165, 1.54) is 0 Å². The first kappa shape index (κ1) is 19.2. The number of nitrogens with one attached hydrogen (secondary N) is 3. The molecule has 0 aliphatic rings. The molecule has 3 amide bonds. The number of hydrogen-bond acceptors (Lipinski definition) is 4. The van der Waals surface area contributed by atoms with Gasteiger partial charge >= 0.3 is 12.0 Å². The second kappa shape index (κ2) is 12.0. The van der Waals surface area contributed by atoms with Crippen molar-refractivity contribution in [3.8, 4) is 0 Å². The number of carbonyl (C=O) groups is 3. The number of carboxylic acid groups (broad SMARTS) is 1. The summed E-state index contributed by atoms with van der Waals surface area (Å²) in [6, 6.07) is -0.359. The van der Waals surface area contributed by atoms with Crippen LogP contribution in [0.25, 0.3) is 0 Å². The van der Waals surface area contributed by atoms with E-state index in [4.69, 9.17) is 9.84 Å². The zero-order valence-electron chi connectivity index (χ0n) is 12.6. The third-order valence-corrected chi connectivity index (χ3v) is 2.79. The molecule has 1 unspecified atom stereocenters. The van der Waals surface area contributed by atoms with Crippen molar-refractivity contribution in [1.29, 1.82) is 0 Å². The Kier molecular flexibility index (Phi) is 10.9. The number of amides is 3. The lowest BCUT2D eigenvalue weighted by molar-refractivity contribution is -0.141. The lowest BCUT2D eigenvalue weighted by Gasteiger charge is -2.09. The highest BCUT2D eigenvalue weighted by Gasteiger charge is 2.10. The summed E-state index contributed by atoms with van der Waals surface area (Å²) in [5.41, 5.74) is 0. The van der Waals surface area contributed by atoms with E-state index in [9.17, 15) is 14.4 Å². The molecule has 21 heavy (non-hydrogen) atoms. The van der Waals surface area contributed by atoms with Gasteiger partial charge < -0.3 is 25.8 Å². The zero-order chi connectivity index (χ0) is 16.1. The van der Waals surface area contributed by atoms with Gasteiger partial charge in [0.1, 0.15) is 0 Å². The number of methoxy groups -OCH3 is 1. The number of carbonyl (C=O) groups excluding carboxylic acids is 2. The molecule has 0 fully saturated rings. The predicted molar refractivity (Wildman–Crippen MR) is 76.9 cm³/mol. The summed E-state index contributed by atoms with van der Waals surface area (Å²) in [7, 11) is 1.55. The molecule has 0 bridgehead atoms. The van der Waals surface area contributed by atoms with Crippen molar-refractivity contribution in [2.24, 2.45) is 5.92 Å². The molecular weight excluding hydrogens is 278 g/mol. The van der Waals surface area contributed by atoms with Crippen LogP contribution in [0.5, 0.6) is 0 Å². The van der Waals surface area contributed by atoms with Crippen molar-refractivity contribution < 1.29 is 24.2 Å². The summed E-state index contributed by atoms with van der Waals surface area (Å²) in [6.45, 7) is 3.18. The molecule has 0 radical (unpaired) electrons. The minimum absolute atomic E-state index is 0.150. The molecular formula is C13H25N3O5. The van der Waals surface area contributed by atoms with Gasteiger partial charge in [-0.1, -0.05) is 6.92 Å². The van der Waals surface area contributed by atoms with E-state index in [2.05, 4.69) is 16.0 Å². The molecule has 0 spiro atoms. The van der Waals surface area contributed by atoms with Gasteiger partial charge in [0, 0.05) is 33.2 Å². The van der Waals surface area contributed by atoms with E-state index >= 15 is 0 Å². The van der Waals surface area contributed by atoms with E-state index in [0.29, 0.717) is 32.5 Å². The van der Waals surface area contributed by atoms with Gasteiger partial charge in [0.05, 0.1) is 12.5 Å². The summed E-state index contributed by atoms with van der Waals surface area (Å²) in [4.78, 5) is 33.3. The standard InChI is InChI=1S/C13H25N3O5/c1-10(12(18)19)4-3-6-15-13(20)16-7-5-11(17)14-8-9-21-2/h10H,3-9H2,1-2H3,(H,14,17)(H,18,19)(H2,15,16,20). The van der Waals surface area contributed by atoms with E-state index in [1.54, 1.807) is 14.0 Å². The highest BCUT2D eigenvalue weighted by atomic mass is 16.5. The lowest BCUT2D eigenvalue weighted by atomic mass is 10.1. The molecule has 8 nitrogen and oxygen atoms in total. The fourth-order valence-corrected chi connectivity index (χ4v) is 1.47. The molecule has 0 aromatic heterocycles. The predicted octanol–water partition coefficient (Wildman–Crippen LogP) is -0.0608. The smallest absolute Gasteiger partial charge is 0.314 e. The van der Waals surface area contributed by atoms with Gasteiger partial charge in [0.25, 0.3) is 0 Å². The highest BCUT2D eigenvalue weighted by Crippen LogP contribution is 2.03. The van der Waals surface area contributed by atoms with E-state index in [0.717, 1.165) is 0 Å². The van der Waals surface area contributed by atoms with Crippen molar-refractivity contribution in [2.75, 3.05) is 33.4 Å². The quantitative estimate of drug-likeness (QED) is 0.399. The van der Waals surface area contributed by atoms with Gasteiger partial charge in [-0.2, -0.15) is 0 Å². The van der Waals surface area contributed by atoms with Gasteiger partial charge in [-0.15, -0.1) is 0 Å². The summed E-state index contributed by atoms with van der Waals surface area (Å²) in [6.07, 6.45) is 1.31. The molecule has 0 aromatic carbocycles. The third-order valence-electron chi connectivity index (χ3n) is 2.79. The molecule has 1 atom stereocenters. The summed E-state index contributed by atoms with van der Waals surface area (Å²) in [5, 5.41) is 16.5. The van der Waals surface area contributed by atoms with Gasteiger partial charge in [-0.25, -0.2) is 4.79 Å². The maximum atomic E-state index is 11.4. The van der Waals surface area contributed by atoms with Crippen LogP contribution in [0.2, 0.25) is 0 Å². The van der Waals surface area contributed by atoms with Crippen molar-refractivity contribution >= 4 is 17.9 Å².